The molecular weight excluding hydrogens is 310 g/mol. The summed E-state index contributed by atoms with van der Waals surface area (Å²) in [5.41, 5.74) is 3.60. The van der Waals surface area contributed by atoms with Crippen molar-refractivity contribution in [1.82, 2.24) is 0 Å². The van der Waals surface area contributed by atoms with Crippen molar-refractivity contribution >= 4 is 33.2 Å². The Labute approximate surface area is 122 Å². The lowest BCUT2D eigenvalue weighted by Crippen LogP contribution is -2.16. The van der Waals surface area contributed by atoms with Crippen molar-refractivity contribution in [2.45, 2.75) is 12.4 Å². The van der Waals surface area contributed by atoms with E-state index in [4.69, 9.17) is 11.6 Å². The number of alkyl halides is 1. The van der Waals surface area contributed by atoms with E-state index in [0.717, 1.165) is 16.6 Å². The molecule has 0 atom stereocenters. The van der Waals surface area contributed by atoms with E-state index in [1.54, 1.807) is 0 Å². The zero-order chi connectivity index (χ0) is 13.0. The Balaban J connectivity index is 2.14. The molecule has 0 aliphatic rings. The molecule has 0 bridgehead atoms. The van der Waals surface area contributed by atoms with Crippen LogP contribution in [0, 0.1) is 0 Å². The molecule has 0 saturated carbocycles. The zero-order valence-corrected chi connectivity index (χ0v) is 12.6. The Morgan fingerprint density at radius 1 is 1.11 bits per heavy atom. The molecule has 2 aromatic rings. The maximum absolute atomic E-state index is 5.85. The summed E-state index contributed by atoms with van der Waals surface area (Å²) in [6, 6.07) is 16.7. The van der Waals surface area contributed by atoms with Crippen LogP contribution in [0.15, 0.2) is 53.0 Å². The highest BCUT2D eigenvalue weighted by atomic mass is 79.9. The first-order chi connectivity index (χ1) is 8.70. The second kappa shape index (κ2) is 6.26. The number of hydrogen-bond donors (Lipinski definition) is 0. The van der Waals surface area contributed by atoms with Crippen LogP contribution in [0.5, 0.6) is 0 Å². The molecule has 0 amide bonds. The summed E-state index contributed by atoms with van der Waals surface area (Å²) >= 11 is 9.40. The second-order valence-electron chi connectivity index (χ2n) is 4.25. The van der Waals surface area contributed by atoms with Crippen molar-refractivity contribution < 1.29 is 0 Å². The topological polar surface area (TPSA) is 3.24 Å². The summed E-state index contributed by atoms with van der Waals surface area (Å²) in [6.45, 7) is 0.896. The van der Waals surface area contributed by atoms with Gasteiger partial charge in [0.25, 0.3) is 0 Å². The van der Waals surface area contributed by atoms with Crippen LogP contribution in [0.2, 0.25) is 0 Å². The van der Waals surface area contributed by atoms with E-state index in [1.807, 2.05) is 6.07 Å². The molecule has 0 fully saturated rings. The van der Waals surface area contributed by atoms with Gasteiger partial charge in [0, 0.05) is 29.6 Å². The van der Waals surface area contributed by atoms with E-state index in [0.29, 0.717) is 5.88 Å². The third-order valence-electron chi connectivity index (χ3n) is 2.88. The molecule has 0 heterocycles. The molecule has 0 spiro atoms. The Morgan fingerprint density at radius 2 is 1.83 bits per heavy atom. The number of rotatable bonds is 4. The molecule has 0 aliphatic carbocycles. The van der Waals surface area contributed by atoms with Gasteiger partial charge in [-0.3, -0.25) is 0 Å². The monoisotopic (exact) mass is 323 g/mol. The van der Waals surface area contributed by atoms with Gasteiger partial charge in [-0.2, -0.15) is 0 Å². The van der Waals surface area contributed by atoms with E-state index in [1.165, 1.54) is 11.3 Å². The lowest BCUT2D eigenvalue weighted by molar-refractivity contribution is 0.922. The molecule has 3 heteroatoms. The molecule has 0 aromatic heterocycles. The predicted octanol–water partition coefficient (Wildman–Crippen LogP) is 4.82. The van der Waals surface area contributed by atoms with E-state index >= 15 is 0 Å². The van der Waals surface area contributed by atoms with Gasteiger partial charge >= 0.3 is 0 Å². The summed E-state index contributed by atoms with van der Waals surface area (Å²) in [4.78, 5) is 2.22. The van der Waals surface area contributed by atoms with E-state index in [-0.39, 0.29) is 0 Å². The first-order valence-electron chi connectivity index (χ1n) is 5.80. The number of halogens is 2. The molecule has 0 aliphatic heterocycles. The fraction of sp³-hybridized carbons (Fsp3) is 0.200. The van der Waals surface area contributed by atoms with Crippen LogP contribution in [0.4, 0.5) is 5.69 Å². The molecule has 2 rings (SSSR count). The lowest BCUT2D eigenvalue weighted by Gasteiger charge is -2.20. The standard InChI is InChI=1S/C15H15BrClN/c1-18(11-12-5-3-2-4-6-12)14-8-7-13(10-17)15(16)9-14/h2-9H,10-11H2,1H3. The van der Waals surface area contributed by atoms with Gasteiger partial charge in [0.15, 0.2) is 0 Å². The number of hydrogen-bond acceptors (Lipinski definition) is 1. The minimum absolute atomic E-state index is 0.531. The minimum atomic E-state index is 0.531. The van der Waals surface area contributed by atoms with Crippen LogP contribution in [0.3, 0.4) is 0 Å². The Bertz CT molecular complexity index is 513. The molecular formula is C15H15BrClN. The van der Waals surface area contributed by atoms with Crippen LogP contribution in [0.1, 0.15) is 11.1 Å². The van der Waals surface area contributed by atoms with E-state index in [9.17, 15) is 0 Å². The van der Waals surface area contributed by atoms with E-state index < -0.39 is 0 Å². The van der Waals surface area contributed by atoms with Crippen molar-refractivity contribution in [3.63, 3.8) is 0 Å². The first kappa shape index (κ1) is 13.4. The first-order valence-corrected chi connectivity index (χ1v) is 7.13. The van der Waals surface area contributed by atoms with Gasteiger partial charge in [-0.1, -0.05) is 52.3 Å². The second-order valence-corrected chi connectivity index (χ2v) is 5.37. The van der Waals surface area contributed by atoms with Gasteiger partial charge in [-0.15, -0.1) is 11.6 Å². The molecule has 0 unspecified atom stereocenters. The summed E-state index contributed by atoms with van der Waals surface area (Å²) in [5, 5.41) is 0. The Hall–Kier alpha value is -0.990. The average molecular weight is 325 g/mol. The highest BCUT2D eigenvalue weighted by Crippen LogP contribution is 2.25. The van der Waals surface area contributed by atoms with Gasteiger partial charge in [0.2, 0.25) is 0 Å². The SMILES string of the molecule is CN(Cc1ccccc1)c1ccc(CCl)c(Br)c1. The van der Waals surface area contributed by atoms with Gasteiger partial charge in [-0.05, 0) is 23.3 Å². The third-order valence-corrected chi connectivity index (χ3v) is 3.91. The third kappa shape index (κ3) is 3.27. The largest absolute Gasteiger partial charge is 0.370 e. The van der Waals surface area contributed by atoms with Crippen LogP contribution in [-0.2, 0) is 12.4 Å². The maximum atomic E-state index is 5.85. The average Bonchev–Trinajstić information content (AvgIpc) is 2.39. The van der Waals surface area contributed by atoms with Crippen molar-refractivity contribution in [2.75, 3.05) is 11.9 Å². The fourth-order valence-corrected chi connectivity index (χ4v) is 2.73. The molecule has 1 nitrogen and oxygen atoms in total. The highest BCUT2D eigenvalue weighted by molar-refractivity contribution is 9.10. The highest BCUT2D eigenvalue weighted by Gasteiger charge is 2.05. The van der Waals surface area contributed by atoms with Gasteiger partial charge in [0.1, 0.15) is 0 Å². The lowest BCUT2D eigenvalue weighted by atomic mass is 10.2. The smallest absolute Gasteiger partial charge is 0.0485 e. The van der Waals surface area contributed by atoms with Gasteiger partial charge < -0.3 is 4.90 Å². The van der Waals surface area contributed by atoms with Crippen LogP contribution in [-0.4, -0.2) is 7.05 Å². The van der Waals surface area contributed by atoms with Crippen LogP contribution < -0.4 is 4.90 Å². The maximum Gasteiger partial charge on any atom is 0.0485 e. The number of nitrogens with zero attached hydrogens (tertiary/aromatic N) is 1. The van der Waals surface area contributed by atoms with E-state index in [2.05, 4.69) is 70.3 Å². The fourth-order valence-electron chi connectivity index (χ4n) is 1.83. The van der Waals surface area contributed by atoms with Crippen molar-refractivity contribution in [3.8, 4) is 0 Å². The summed E-state index contributed by atoms with van der Waals surface area (Å²) < 4.78 is 1.06. The van der Waals surface area contributed by atoms with Gasteiger partial charge in [0.05, 0.1) is 0 Å². The Kier molecular flexibility index (Phi) is 4.67. The summed E-state index contributed by atoms with van der Waals surface area (Å²) in [6.07, 6.45) is 0. The van der Waals surface area contributed by atoms with Crippen LogP contribution in [0.25, 0.3) is 0 Å². The summed E-state index contributed by atoms with van der Waals surface area (Å²) in [7, 11) is 2.09. The van der Waals surface area contributed by atoms with Crippen LogP contribution >= 0.6 is 27.5 Å². The molecule has 0 N–H and O–H groups in total. The van der Waals surface area contributed by atoms with Gasteiger partial charge in [-0.25, -0.2) is 0 Å². The molecule has 18 heavy (non-hydrogen) atoms. The molecule has 0 radical (unpaired) electrons. The predicted molar refractivity (Wildman–Crippen MR) is 82.2 cm³/mol. The summed E-state index contributed by atoms with van der Waals surface area (Å²) in [5.74, 6) is 0.531. The van der Waals surface area contributed by atoms with Crippen molar-refractivity contribution in [2.24, 2.45) is 0 Å². The molecule has 94 valence electrons. The normalized spacial score (nSPS) is 10.4. The Morgan fingerprint density at radius 3 is 2.44 bits per heavy atom. The van der Waals surface area contributed by atoms with Crippen molar-refractivity contribution in [3.05, 3.63) is 64.1 Å². The quantitative estimate of drug-likeness (QED) is 0.729. The number of benzene rings is 2. The minimum Gasteiger partial charge on any atom is -0.370 e. The number of anilines is 1. The zero-order valence-electron chi connectivity index (χ0n) is 10.2. The van der Waals surface area contributed by atoms with Crippen molar-refractivity contribution in [1.29, 1.82) is 0 Å². The molecule has 2 aromatic carbocycles. The molecule has 0 saturated heterocycles.